The molecule has 0 spiro atoms. The topological polar surface area (TPSA) is 80.0 Å². The van der Waals surface area contributed by atoms with E-state index in [1.807, 2.05) is 24.9 Å². The third-order valence-electron chi connectivity index (χ3n) is 3.87. The summed E-state index contributed by atoms with van der Waals surface area (Å²) >= 11 is 0. The van der Waals surface area contributed by atoms with Crippen LogP contribution in [0.4, 0.5) is 5.82 Å². The molecule has 1 amide bonds. The van der Waals surface area contributed by atoms with Crippen LogP contribution in [0.2, 0.25) is 0 Å². The van der Waals surface area contributed by atoms with E-state index in [4.69, 9.17) is 0 Å². The van der Waals surface area contributed by atoms with Crippen molar-refractivity contribution < 1.29 is 4.79 Å². The van der Waals surface area contributed by atoms with E-state index in [0.717, 1.165) is 30.3 Å². The van der Waals surface area contributed by atoms with Crippen molar-refractivity contribution in [1.82, 2.24) is 29.9 Å². The third-order valence-corrected chi connectivity index (χ3v) is 3.87. The van der Waals surface area contributed by atoms with Gasteiger partial charge in [-0.15, -0.1) is 5.10 Å². The van der Waals surface area contributed by atoms with Crippen molar-refractivity contribution in [1.29, 1.82) is 0 Å². The predicted molar refractivity (Wildman–Crippen MR) is 80.6 cm³/mol. The van der Waals surface area contributed by atoms with E-state index in [9.17, 15) is 4.79 Å². The average Bonchev–Trinajstić information content (AvgIpc) is 2.95. The zero-order chi connectivity index (χ0) is 15.7. The smallest absolute Gasteiger partial charge is 0.273 e. The van der Waals surface area contributed by atoms with Crippen LogP contribution in [0.3, 0.4) is 0 Å². The number of anilines is 1. The molecule has 3 rings (SSSR count). The van der Waals surface area contributed by atoms with Crippen molar-refractivity contribution in [2.24, 2.45) is 7.05 Å². The number of amides is 1. The molecule has 0 radical (unpaired) electrons. The quantitative estimate of drug-likeness (QED) is 0.787. The van der Waals surface area contributed by atoms with E-state index in [1.54, 1.807) is 7.05 Å². The Morgan fingerprint density at radius 3 is 2.50 bits per heavy atom. The first-order chi connectivity index (χ1) is 10.6. The summed E-state index contributed by atoms with van der Waals surface area (Å²) in [5, 5.41) is 7.57. The molecule has 0 bridgehead atoms. The van der Waals surface area contributed by atoms with Crippen molar-refractivity contribution >= 4 is 11.7 Å². The van der Waals surface area contributed by atoms with Gasteiger partial charge in [0.1, 0.15) is 17.3 Å². The maximum absolute atomic E-state index is 12.4. The fraction of sp³-hybridized carbons (Fsp3) is 0.500. The van der Waals surface area contributed by atoms with Crippen molar-refractivity contribution in [2.45, 2.75) is 13.8 Å². The van der Waals surface area contributed by atoms with Gasteiger partial charge in [-0.25, -0.2) is 14.6 Å². The fourth-order valence-corrected chi connectivity index (χ4v) is 2.61. The Morgan fingerprint density at radius 2 is 1.86 bits per heavy atom. The Hall–Kier alpha value is -2.51. The first-order valence-electron chi connectivity index (χ1n) is 7.25. The van der Waals surface area contributed by atoms with E-state index >= 15 is 0 Å². The molecular formula is C14H19N7O. The van der Waals surface area contributed by atoms with Gasteiger partial charge in [-0.2, -0.15) is 0 Å². The van der Waals surface area contributed by atoms with Gasteiger partial charge in [0.15, 0.2) is 0 Å². The number of aryl methyl sites for hydroxylation is 3. The highest BCUT2D eigenvalue weighted by atomic mass is 16.2. The average molecular weight is 301 g/mol. The van der Waals surface area contributed by atoms with Gasteiger partial charge >= 0.3 is 0 Å². The molecule has 116 valence electrons. The normalized spacial score (nSPS) is 15.2. The molecule has 1 fully saturated rings. The van der Waals surface area contributed by atoms with Crippen molar-refractivity contribution in [2.75, 3.05) is 31.1 Å². The standard InChI is InChI=1S/C14H19N7O/c1-10-8-15-11(2)17-13(10)20-4-6-21(7-5-20)14(22)12-9-16-18-19(12)3/h8-9H,4-7H2,1-3H3. The van der Waals surface area contributed by atoms with Crippen molar-refractivity contribution in [3.05, 3.63) is 29.5 Å². The zero-order valence-corrected chi connectivity index (χ0v) is 13.0. The minimum absolute atomic E-state index is 0.0252. The molecule has 0 aromatic carbocycles. The number of hydrogen-bond acceptors (Lipinski definition) is 6. The van der Waals surface area contributed by atoms with Crippen molar-refractivity contribution in [3.63, 3.8) is 0 Å². The summed E-state index contributed by atoms with van der Waals surface area (Å²) in [6.07, 6.45) is 3.35. The van der Waals surface area contributed by atoms with Gasteiger partial charge in [0.05, 0.1) is 6.20 Å². The van der Waals surface area contributed by atoms with E-state index in [1.165, 1.54) is 10.9 Å². The number of rotatable bonds is 2. The van der Waals surface area contributed by atoms with Gasteiger partial charge in [0.2, 0.25) is 0 Å². The van der Waals surface area contributed by atoms with E-state index in [2.05, 4.69) is 25.2 Å². The summed E-state index contributed by atoms with van der Waals surface area (Å²) in [7, 11) is 1.73. The SMILES string of the molecule is Cc1ncc(C)c(N2CCN(C(=O)c3cnnn3C)CC2)n1. The maximum Gasteiger partial charge on any atom is 0.273 e. The fourth-order valence-electron chi connectivity index (χ4n) is 2.61. The summed E-state index contributed by atoms with van der Waals surface area (Å²) in [5.41, 5.74) is 1.57. The van der Waals surface area contributed by atoms with E-state index < -0.39 is 0 Å². The number of hydrogen-bond donors (Lipinski definition) is 0. The molecule has 8 nitrogen and oxygen atoms in total. The number of piperazine rings is 1. The molecule has 2 aromatic rings. The molecule has 1 aliphatic rings. The Labute approximate surface area is 128 Å². The molecule has 0 aliphatic carbocycles. The molecule has 8 heteroatoms. The largest absolute Gasteiger partial charge is 0.353 e. The van der Waals surface area contributed by atoms with Crippen LogP contribution in [0.5, 0.6) is 0 Å². The molecule has 1 aliphatic heterocycles. The lowest BCUT2D eigenvalue weighted by Crippen LogP contribution is -2.49. The Bertz CT molecular complexity index is 688. The summed E-state index contributed by atoms with van der Waals surface area (Å²) < 4.78 is 1.51. The van der Waals surface area contributed by atoms with Crippen LogP contribution >= 0.6 is 0 Å². The third kappa shape index (κ3) is 2.63. The maximum atomic E-state index is 12.4. The molecule has 0 N–H and O–H groups in total. The number of carbonyl (C=O) groups is 1. The summed E-state index contributed by atoms with van der Waals surface area (Å²) in [5.74, 6) is 1.70. The van der Waals surface area contributed by atoms with Crippen LogP contribution in [0.1, 0.15) is 21.9 Å². The second-order valence-corrected chi connectivity index (χ2v) is 5.45. The number of carbonyl (C=O) groups excluding carboxylic acids is 1. The predicted octanol–water partition coefficient (Wildman–Crippen LogP) is 0.184. The number of nitrogens with zero attached hydrogens (tertiary/aromatic N) is 7. The van der Waals surface area contributed by atoms with Gasteiger partial charge < -0.3 is 9.80 Å². The van der Waals surface area contributed by atoms with Crippen LogP contribution < -0.4 is 4.90 Å². The molecule has 0 saturated carbocycles. The van der Waals surface area contributed by atoms with E-state index in [0.29, 0.717) is 18.8 Å². The Morgan fingerprint density at radius 1 is 1.14 bits per heavy atom. The van der Waals surface area contributed by atoms with Crippen molar-refractivity contribution in [3.8, 4) is 0 Å². The molecule has 3 heterocycles. The van der Waals surface area contributed by atoms with Crippen LogP contribution in [0, 0.1) is 13.8 Å². The zero-order valence-electron chi connectivity index (χ0n) is 13.0. The van der Waals surface area contributed by atoms with Crippen LogP contribution in [0.25, 0.3) is 0 Å². The summed E-state index contributed by atoms with van der Waals surface area (Å²) in [6, 6.07) is 0. The van der Waals surface area contributed by atoms with Gasteiger partial charge in [-0.3, -0.25) is 4.79 Å². The highest BCUT2D eigenvalue weighted by Gasteiger charge is 2.25. The molecule has 0 unspecified atom stereocenters. The minimum Gasteiger partial charge on any atom is -0.353 e. The van der Waals surface area contributed by atoms with E-state index in [-0.39, 0.29) is 5.91 Å². The lowest BCUT2D eigenvalue weighted by Gasteiger charge is -2.35. The summed E-state index contributed by atoms with van der Waals surface area (Å²) in [6.45, 7) is 6.73. The van der Waals surface area contributed by atoms with Crippen LogP contribution in [-0.2, 0) is 7.05 Å². The van der Waals surface area contributed by atoms with Crippen LogP contribution in [0.15, 0.2) is 12.4 Å². The van der Waals surface area contributed by atoms with Gasteiger partial charge in [-0.05, 0) is 13.8 Å². The second kappa shape index (κ2) is 5.70. The second-order valence-electron chi connectivity index (χ2n) is 5.45. The molecule has 2 aromatic heterocycles. The first kappa shape index (κ1) is 14.4. The minimum atomic E-state index is -0.0252. The lowest BCUT2D eigenvalue weighted by atomic mass is 10.2. The summed E-state index contributed by atoms with van der Waals surface area (Å²) in [4.78, 5) is 25.2. The van der Waals surface area contributed by atoms with Crippen LogP contribution in [-0.4, -0.2) is 61.9 Å². The highest BCUT2D eigenvalue weighted by molar-refractivity contribution is 5.92. The monoisotopic (exact) mass is 301 g/mol. The molecule has 1 saturated heterocycles. The highest BCUT2D eigenvalue weighted by Crippen LogP contribution is 2.18. The Kier molecular flexibility index (Phi) is 3.74. The molecular weight excluding hydrogens is 282 g/mol. The first-order valence-corrected chi connectivity index (χ1v) is 7.25. The lowest BCUT2D eigenvalue weighted by molar-refractivity contribution is 0.0735. The van der Waals surface area contributed by atoms with Gasteiger partial charge in [-0.1, -0.05) is 5.21 Å². The molecule has 22 heavy (non-hydrogen) atoms. The van der Waals surface area contributed by atoms with Gasteiger partial charge in [0.25, 0.3) is 5.91 Å². The number of aromatic nitrogens is 5. The molecule has 0 atom stereocenters. The Balaban J connectivity index is 1.69. The van der Waals surface area contributed by atoms with Gasteiger partial charge in [0, 0.05) is 45.0 Å².